The molecule has 0 bridgehead atoms. The predicted octanol–water partition coefficient (Wildman–Crippen LogP) is 3.42. The molecule has 0 spiro atoms. The lowest BCUT2D eigenvalue weighted by Gasteiger charge is -2.19. The lowest BCUT2D eigenvalue weighted by atomic mass is 10.1. The first-order valence-electron chi connectivity index (χ1n) is 9.59. The minimum Gasteiger partial charge on any atom is -0.350 e. The average molecular weight is 396 g/mol. The second kappa shape index (κ2) is 8.96. The molecule has 1 atom stereocenters. The Morgan fingerprint density at radius 2 is 1.57 bits per heavy atom. The van der Waals surface area contributed by atoms with Gasteiger partial charge in [-0.15, -0.1) is 0 Å². The van der Waals surface area contributed by atoms with Crippen LogP contribution < -0.4 is 10.6 Å². The zero-order valence-electron chi connectivity index (χ0n) is 16.2. The van der Waals surface area contributed by atoms with Crippen LogP contribution in [0.5, 0.6) is 0 Å². The number of carbonyl (C=O) groups is 2. The fourth-order valence-corrected chi connectivity index (χ4v) is 3.14. The molecule has 0 saturated heterocycles. The Balaban J connectivity index is 1.54. The zero-order valence-corrected chi connectivity index (χ0v) is 16.2. The van der Waals surface area contributed by atoms with Gasteiger partial charge in [-0.2, -0.15) is 0 Å². The standard InChI is InChI=1S/C24H20N4O2/c29-23(21-11-10-18-6-4-5-9-20(18)27-21)28-22(19-7-2-1-3-8-19)24(30)26-16-17-12-14-25-15-13-17/h1-15,22H,16H2,(H,26,30)(H,28,29)/t22-/m0/s1. The summed E-state index contributed by atoms with van der Waals surface area (Å²) in [5, 5.41) is 6.65. The van der Waals surface area contributed by atoms with Gasteiger partial charge >= 0.3 is 0 Å². The van der Waals surface area contributed by atoms with E-state index in [1.807, 2.05) is 72.8 Å². The summed E-state index contributed by atoms with van der Waals surface area (Å²) in [6.45, 7) is 0.342. The number of benzene rings is 2. The third kappa shape index (κ3) is 4.50. The number of hydrogen-bond acceptors (Lipinski definition) is 4. The Hall–Kier alpha value is -4.06. The summed E-state index contributed by atoms with van der Waals surface area (Å²) >= 11 is 0. The number of hydrogen-bond donors (Lipinski definition) is 2. The minimum absolute atomic E-state index is 0.261. The van der Waals surface area contributed by atoms with Crippen LogP contribution in [0.4, 0.5) is 0 Å². The number of rotatable bonds is 6. The van der Waals surface area contributed by atoms with Crippen LogP contribution in [-0.2, 0) is 11.3 Å². The predicted molar refractivity (Wildman–Crippen MR) is 114 cm³/mol. The van der Waals surface area contributed by atoms with E-state index in [0.29, 0.717) is 12.1 Å². The van der Waals surface area contributed by atoms with E-state index < -0.39 is 11.9 Å². The average Bonchev–Trinajstić information content (AvgIpc) is 2.81. The molecule has 0 unspecified atom stereocenters. The second-order valence-corrected chi connectivity index (χ2v) is 6.78. The molecular formula is C24H20N4O2. The summed E-state index contributed by atoms with van der Waals surface area (Å²) in [6, 6.07) is 23.0. The molecule has 2 N–H and O–H groups in total. The lowest BCUT2D eigenvalue weighted by Crippen LogP contribution is -2.40. The fraction of sp³-hybridized carbons (Fsp3) is 0.0833. The van der Waals surface area contributed by atoms with E-state index in [2.05, 4.69) is 20.6 Å². The summed E-state index contributed by atoms with van der Waals surface area (Å²) in [7, 11) is 0. The first kappa shape index (κ1) is 19.3. The van der Waals surface area contributed by atoms with Gasteiger partial charge in [-0.1, -0.05) is 54.6 Å². The van der Waals surface area contributed by atoms with E-state index in [1.54, 1.807) is 18.5 Å². The number of carbonyl (C=O) groups excluding carboxylic acids is 2. The quantitative estimate of drug-likeness (QED) is 0.523. The van der Waals surface area contributed by atoms with Crippen LogP contribution >= 0.6 is 0 Å². The summed E-state index contributed by atoms with van der Waals surface area (Å²) in [6.07, 6.45) is 3.34. The van der Waals surface area contributed by atoms with Gasteiger partial charge in [0.1, 0.15) is 11.7 Å². The van der Waals surface area contributed by atoms with Crippen LogP contribution in [0.1, 0.15) is 27.7 Å². The highest BCUT2D eigenvalue weighted by atomic mass is 16.2. The van der Waals surface area contributed by atoms with Crippen LogP contribution in [0.25, 0.3) is 10.9 Å². The van der Waals surface area contributed by atoms with Crippen molar-refractivity contribution in [3.8, 4) is 0 Å². The molecule has 2 aromatic carbocycles. The third-order valence-electron chi connectivity index (χ3n) is 4.72. The van der Waals surface area contributed by atoms with Crippen LogP contribution in [0, 0.1) is 0 Å². The van der Waals surface area contributed by atoms with Gasteiger partial charge in [-0.3, -0.25) is 14.6 Å². The summed E-state index contributed by atoms with van der Waals surface area (Å²) < 4.78 is 0. The van der Waals surface area contributed by atoms with Crippen molar-refractivity contribution >= 4 is 22.7 Å². The van der Waals surface area contributed by atoms with E-state index in [4.69, 9.17) is 0 Å². The topological polar surface area (TPSA) is 84.0 Å². The molecule has 6 nitrogen and oxygen atoms in total. The molecular weight excluding hydrogens is 376 g/mol. The molecule has 2 heterocycles. The normalized spacial score (nSPS) is 11.6. The van der Waals surface area contributed by atoms with Gasteiger partial charge < -0.3 is 10.6 Å². The molecule has 6 heteroatoms. The highest BCUT2D eigenvalue weighted by Gasteiger charge is 2.23. The van der Waals surface area contributed by atoms with Crippen molar-refractivity contribution < 1.29 is 9.59 Å². The molecule has 4 rings (SSSR count). The Kier molecular flexibility index (Phi) is 5.75. The number of nitrogens with one attached hydrogen (secondary N) is 2. The molecule has 0 aliphatic heterocycles. The zero-order chi connectivity index (χ0) is 20.8. The van der Waals surface area contributed by atoms with Crippen molar-refractivity contribution in [2.24, 2.45) is 0 Å². The Morgan fingerprint density at radius 1 is 0.833 bits per heavy atom. The lowest BCUT2D eigenvalue weighted by molar-refractivity contribution is -0.123. The maximum absolute atomic E-state index is 12.9. The number of nitrogens with zero attached hydrogens (tertiary/aromatic N) is 2. The van der Waals surface area contributed by atoms with E-state index in [9.17, 15) is 9.59 Å². The van der Waals surface area contributed by atoms with Crippen molar-refractivity contribution in [3.63, 3.8) is 0 Å². The van der Waals surface area contributed by atoms with Gasteiger partial charge in [0.05, 0.1) is 5.52 Å². The monoisotopic (exact) mass is 396 g/mol. The van der Waals surface area contributed by atoms with Crippen molar-refractivity contribution in [1.82, 2.24) is 20.6 Å². The van der Waals surface area contributed by atoms with E-state index in [1.165, 1.54) is 0 Å². The summed E-state index contributed by atoms with van der Waals surface area (Å²) in [4.78, 5) is 34.2. The molecule has 2 aromatic heterocycles. The van der Waals surface area contributed by atoms with Crippen LogP contribution in [0.2, 0.25) is 0 Å². The van der Waals surface area contributed by atoms with Gasteiger partial charge in [-0.05, 0) is 35.4 Å². The highest BCUT2D eigenvalue weighted by Crippen LogP contribution is 2.16. The van der Waals surface area contributed by atoms with Gasteiger partial charge in [-0.25, -0.2) is 4.98 Å². The van der Waals surface area contributed by atoms with Crippen LogP contribution in [-0.4, -0.2) is 21.8 Å². The molecule has 4 aromatic rings. The van der Waals surface area contributed by atoms with Crippen LogP contribution in [0.15, 0.2) is 91.3 Å². The smallest absolute Gasteiger partial charge is 0.270 e. The largest absolute Gasteiger partial charge is 0.350 e. The first-order chi connectivity index (χ1) is 14.7. The number of fused-ring (bicyclic) bond motifs is 1. The van der Waals surface area contributed by atoms with Crippen molar-refractivity contribution in [3.05, 3.63) is 108 Å². The van der Waals surface area contributed by atoms with E-state index in [0.717, 1.165) is 16.5 Å². The maximum Gasteiger partial charge on any atom is 0.270 e. The first-order valence-corrected chi connectivity index (χ1v) is 9.59. The molecule has 0 aliphatic carbocycles. The van der Waals surface area contributed by atoms with Gasteiger partial charge in [0.15, 0.2) is 0 Å². The van der Waals surface area contributed by atoms with Crippen molar-refractivity contribution in [2.75, 3.05) is 0 Å². The molecule has 0 aliphatic rings. The number of para-hydroxylation sites is 1. The number of aromatic nitrogens is 2. The Morgan fingerprint density at radius 3 is 2.37 bits per heavy atom. The number of pyridine rings is 2. The SMILES string of the molecule is O=C(N[C@H](C(=O)NCc1ccncc1)c1ccccc1)c1ccc2ccccc2n1. The molecule has 2 amide bonds. The van der Waals surface area contributed by atoms with Crippen LogP contribution in [0.3, 0.4) is 0 Å². The summed E-state index contributed by atoms with van der Waals surface area (Å²) in [5.41, 5.74) is 2.60. The molecule has 0 fully saturated rings. The third-order valence-corrected chi connectivity index (χ3v) is 4.72. The fourth-order valence-electron chi connectivity index (χ4n) is 3.14. The molecule has 0 radical (unpaired) electrons. The van der Waals surface area contributed by atoms with Gasteiger partial charge in [0.2, 0.25) is 5.91 Å². The van der Waals surface area contributed by atoms with E-state index in [-0.39, 0.29) is 11.6 Å². The molecule has 148 valence electrons. The minimum atomic E-state index is -0.839. The molecule has 0 saturated carbocycles. The van der Waals surface area contributed by atoms with Gasteiger partial charge in [0, 0.05) is 24.3 Å². The van der Waals surface area contributed by atoms with E-state index >= 15 is 0 Å². The summed E-state index contributed by atoms with van der Waals surface area (Å²) in [5.74, 6) is -0.708. The van der Waals surface area contributed by atoms with Crippen molar-refractivity contribution in [1.29, 1.82) is 0 Å². The van der Waals surface area contributed by atoms with Gasteiger partial charge in [0.25, 0.3) is 5.91 Å². The maximum atomic E-state index is 12.9. The van der Waals surface area contributed by atoms with Crippen molar-refractivity contribution in [2.45, 2.75) is 12.6 Å². The number of amides is 2. The second-order valence-electron chi connectivity index (χ2n) is 6.78. The molecule has 30 heavy (non-hydrogen) atoms. The Bertz CT molecular complexity index is 1160. The Labute approximate surface area is 174 Å². The highest BCUT2D eigenvalue weighted by molar-refractivity contribution is 5.98.